The Morgan fingerprint density at radius 1 is 1.75 bits per heavy atom. The van der Waals surface area contributed by atoms with E-state index in [4.69, 9.17) is 10.2 Å². The van der Waals surface area contributed by atoms with Crippen molar-refractivity contribution in [1.82, 2.24) is 0 Å². The average molecular weight is 176 g/mol. The van der Waals surface area contributed by atoms with Crippen LogP contribution in [0.5, 0.6) is 0 Å². The van der Waals surface area contributed by atoms with E-state index >= 15 is 0 Å². The minimum Gasteiger partial charge on any atom is -0.466 e. The van der Waals surface area contributed by atoms with E-state index in [1.54, 1.807) is 6.26 Å². The van der Waals surface area contributed by atoms with E-state index < -0.39 is 0 Å². The lowest BCUT2D eigenvalue weighted by atomic mass is 10.4. The molecule has 1 aromatic rings. The van der Waals surface area contributed by atoms with Crippen LogP contribution in [0.15, 0.2) is 15.2 Å². The maximum atomic E-state index is 5.46. The van der Waals surface area contributed by atoms with E-state index in [-0.39, 0.29) is 0 Å². The van der Waals surface area contributed by atoms with Gasteiger partial charge < -0.3 is 10.2 Å². The first-order valence-corrected chi connectivity index (χ1v) is 3.00. The molecule has 8 heavy (non-hydrogen) atoms. The van der Waals surface area contributed by atoms with Gasteiger partial charge >= 0.3 is 0 Å². The van der Waals surface area contributed by atoms with Gasteiger partial charge in [-0.1, -0.05) is 0 Å². The van der Waals surface area contributed by atoms with Crippen molar-refractivity contribution in [2.75, 3.05) is 5.73 Å². The number of nitrogens with two attached hydrogens (primary N) is 1. The molecule has 0 spiro atoms. The molecule has 0 aromatic carbocycles. The molecule has 1 aromatic heterocycles. The monoisotopic (exact) mass is 175 g/mol. The van der Waals surface area contributed by atoms with Crippen LogP contribution < -0.4 is 5.73 Å². The molecular weight excluding hydrogens is 170 g/mol. The van der Waals surface area contributed by atoms with Crippen molar-refractivity contribution in [3.05, 3.63) is 16.5 Å². The molecule has 3 heteroatoms. The van der Waals surface area contributed by atoms with Crippen molar-refractivity contribution in [3.63, 3.8) is 0 Å². The second-order valence-corrected chi connectivity index (χ2v) is 2.41. The first-order valence-electron chi connectivity index (χ1n) is 2.21. The number of rotatable bonds is 0. The molecule has 0 fully saturated rings. The summed E-state index contributed by atoms with van der Waals surface area (Å²) < 4.78 is 5.75. The van der Waals surface area contributed by atoms with Gasteiger partial charge in [0.1, 0.15) is 12.0 Å². The molecule has 0 aliphatic carbocycles. The highest BCUT2D eigenvalue weighted by molar-refractivity contribution is 9.10. The van der Waals surface area contributed by atoms with Crippen molar-refractivity contribution in [2.45, 2.75) is 6.92 Å². The quantitative estimate of drug-likeness (QED) is 0.655. The number of halogens is 1. The van der Waals surface area contributed by atoms with Gasteiger partial charge in [0, 0.05) is 0 Å². The average Bonchev–Trinajstić information content (AvgIpc) is 1.98. The lowest BCUT2D eigenvalue weighted by molar-refractivity contribution is 0.534. The molecule has 0 aliphatic rings. The van der Waals surface area contributed by atoms with Crippen LogP contribution in [0.4, 0.5) is 5.69 Å². The summed E-state index contributed by atoms with van der Waals surface area (Å²) >= 11 is 3.20. The summed E-state index contributed by atoms with van der Waals surface area (Å²) in [6.07, 6.45) is 1.57. The Bertz CT molecular complexity index is 175. The van der Waals surface area contributed by atoms with E-state index in [9.17, 15) is 0 Å². The molecule has 44 valence electrons. The third-order valence-corrected chi connectivity index (χ3v) is 1.59. The van der Waals surface area contributed by atoms with Gasteiger partial charge in [0.05, 0.1) is 10.2 Å². The highest BCUT2D eigenvalue weighted by Crippen LogP contribution is 2.23. The largest absolute Gasteiger partial charge is 0.466 e. The van der Waals surface area contributed by atoms with Gasteiger partial charge in [-0.15, -0.1) is 0 Å². The summed E-state index contributed by atoms with van der Waals surface area (Å²) in [7, 11) is 0. The highest BCUT2D eigenvalue weighted by Gasteiger charge is 2.00. The normalized spacial score (nSPS) is 9.75. The molecule has 0 saturated carbocycles. The summed E-state index contributed by atoms with van der Waals surface area (Å²) in [5.41, 5.74) is 6.15. The van der Waals surface area contributed by atoms with Gasteiger partial charge in [-0.2, -0.15) is 0 Å². The predicted molar refractivity (Wildman–Crippen MR) is 35.6 cm³/mol. The van der Waals surface area contributed by atoms with Crippen LogP contribution in [0.25, 0.3) is 0 Å². The van der Waals surface area contributed by atoms with Gasteiger partial charge in [0.15, 0.2) is 0 Å². The minimum atomic E-state index is 0.685. The zero-order chi connectivity index (χ0) is 6.15. The Morgan fingerprint density at radius 2 is 2.38 bits per heavy atom. The summed E-state index contributed by atoms with van der Waals surface area (Å²) in [5, 5.41) is 0. The molecule has 1 heterocycles. The lowest BCUT2D eigenvalue weighted by Gasteiger charge is -1.83. The minimum absolute atomic E-state index is 0.685. The van der Waals surface area contributed by atoms with Crippen LogP contribution in [-0.2, 0) is 0 Å². The van der Waals surface area contributed by atoms with Gasteiger partial charge in [-0.3, -0.25) is 0 Å². The number of anilines is 1. The van der Waals surface area contributed by atoms with Gasteiger partial charge in [-0.25, -0.2) is 0 Å². The second-order valence-electron chi connectivity index (χ2n) is 1.55. The third kappa shape index (κ3) is 0.733. The van der Waals surface area contributed by atoms with E-state index in [2.05, 4.69) is 15.9 Å². The van der Waals surface area contributed by atoms with Gasteiger partial charge in [-0.05, 0) is 22.9 Å². The van der Waals surface area contributed by atoms with Crippen LogP contribution in [0.3, 0.4) is 0 Å². The van der Waals surface area contributed by atoms with Crippen molar-refractivity contribution < 1.29 is 4.42 Å². The molecule has 0 saturated heterocycles. The number of hydrogen-bond donors (Lipinski definition) is 1. The van der Waals surface area contributed by atoms with Crippen LogP contribution in [0.2, 0.25) is 0 Å². The standard InChI is InChI=1S/C5H6BrNO/c1-3-5(7)4(6)2-8-3/h2H,7H2,1H3. The Hall–Kier alpha value is -0.440. The maximum Gasteiger partial charge on any atom is 0.124 e. The Kier molecular flexibility index (Phi) is 1.29. The smallest absolute Gasteiger partial charge is 0.124 e. The van der Waals surface area contributed by atoms with Gasteiger partial charge in [0.2, 0.25) is 0 Å². The first-order chi connectivity index (χ1) is 3.72. The number of furan rings is 1. The molecule has 0 radical (unpaired) electrons. The van der Waals surface area contributed by atoms with Gasteiger partial charge in [0.25, 0.3) is 0 Å². The van der Waals surface area contributed by atoms with Crippen molar-refractivity contribution in [1.29, 1.82) is 0 Å². The molecule has 0 aliphatic heterocycles. The Balaban J connectivity index is 3.19. The maximum absolute atomic E-state index is 5.46. The molecule has 0 atom stereocenters. The Labute approximate surface area is 55.8 Å². The second kappa shape index (κ2) is 1.82. The van der Waals surface area contributed by atoms with Crippen LogP contribution in [0, 0.1) is 6.92 Å². The van der Waals surface area contributed by atoms with Crippen molar-refractivity contribution >= 4 is 21.6 Å². The molecule has 0 bridgehead atoms. The van der Waals surface area contributed by atoms with Crippen molar-refractivity contribution in [2.24, 2.45) is 0 Å². The van der Waals surface area contributed by atoms with E-state index in [0.717, 1.165) is 10.2 Å². The molecule has 0 amide bonds. The van der Waals surface area contributed by atoms with E-state index in [0.29, 0.717) is 5.69 Å². The zero-order valence-electron chi connectivity index (χ0n) is 4.44. The number of aryl methyl sites for hydroxylation is 1. The molecule has 2 nitrogen and oxygen atoms in total. The fourth-order valence-corrected chi connectivity index (χ4v) is 0.808. The number of hydrogen-bond acceptors (Lipinski definition) is 2. The van der Waals surface area contributed by atoms with Crippen LogP contribution in [-0.4, -0.2) is 0 Å². The summed E-state index contributed by atoms with van der Waals surface area (Å²) in [6.45, 7) is 1.82. The SMILES string of the molecule is Cc1occ(Br)c1N. The summed E-state index contributed by atoms with van der Waals surface area (Å²) in [6, 6.07) is 0. The fourth-order valence-electron chi connectivity index (χ4n) is 0.435. The lowest BCUT2D eigenvalue weighted by Crippen LogP contribution is -1.82. The first kappa shape index (κ1) is 5.69. The zero-order valence-corrected chi connectivity index (χ0v) is 6.03. The van der Waals surface area contributed by atoms with E-state index in [1.807, 2.05) is 6.92 Å². The van der Waals surface area contributed by atoms with Crippen LogP contribution >= 0.6 is 15.9 Å². The summed E-state index contributed by atoms with van der Waals surface area (Å²) in [4.78, 5) is 0. The predicted octanol–water partition coefficient (Wildman–Crippen LogP) is 1.93. The third-order valence-electron chi connectivity index (χ3n) is 0.976. The molecule has 0 unspecified atom stereocenters. The number of nitrogen functional groups attached to an aromatic ring is 1. The molecule has 1 rings (SSSR count). The van der Waals surface area contributed by atoms with Crippen molar-refractivity contribution in [3.8, 4) is 0 Å². The molecular formula is C5H6BrNO. The van der Waals surface area contributed by atoms with E-state index in [1.165, 1.54) is 0 Å². The topological polar surface area (TPSA) is 39.2 Å². The summed E-state index contributed by atoms with van der Waals surface area (Å²) in [5.74, 6) is 0.761. The highest BCUT2D eigenvalue weighted by atomic mass is 79.9. The fraction of sp³-hybridized carbons (Fsp3) is 0.200. The molecule has 2 N–H and O–H groups in total. The van der Waals surface area contributed by atoms with Crippen LogP contribution in [0.1, 0.15) is 5.76 Å². The Morgan fingerprint density at radius 3 is 2.50 bits per heavy atom.